The summed E-state index contributed by atoms with van der Waals surface area (Å²) in [6.45, 7) is 0.204. The molecule has 6 nitrogen and oxygen atoms in total. The van der Waals surface area contributed by atoms with Crippen molar-refractivity contribution in [3.05, 3.63) is 72.8 Å². The molecular weight excluding hydrogens is 306 g/mol. The van der Waals surface area contributed by atoms with Crippen LogP contribution in [0, 0.1) is 0 Å². The maximum atomic E-state index is 5.80. The van der Waals surface area contributed by atoms with Gasteiger partial charge in [-0.25, -0.2) is 0 Å². The zero-order valence-electron chi connectivity index (χ0n) is 12.7. The Morgan fingerprint density at radius 2 is 1.75 bits per heavy atom. The second-order valence-electron chi connectivity index (χ2n) is 5.00. The molecule has 0 fully saturated rings. The standard InChI is InChI=1S/C18H13N3O2.H2O/c1-2-6-14(7-3-1)18-20-16(23-21-18)12-22-15-10-4-8-13-9-5-11-19-17(13)15;/h1-11H,12H2;1H2. The van der Waals surface area contributed by atoms with Crippen LogP contribution >= 0.6 is 0 Å². The number of rotatable bonds is 4. The molecule has 0 aliphatic heterocycles. The molecule has 6 heteroatoms. The number of para-hydroxylation sites is 1. The maximum absolute atomic E-state index is 5.80. The van der Waals surface area contributed by atoms with Crippen LogP contribution < -0.4 is 4.74 Å². The van der Waals surface area contributed by atoms with E-state index in [0.29, 0.717) is 17.5 Å². The van der Waals surface area contributed by atoms with Crippen molar-refractivity contribution in [3.63, 3.8) is 0 Å². The van der Waals surface area contributed by atoms with Gasteiger partial charge in [-0.1, -0.05) is 53.7 Å². The minimum atomic E-state index is 0. The van der Waals surface area contributed by atoms with E-state index in [1.54, 1.807) is 6.20 Å². The number of fused-ring (bicyclic) bond motifs is 1. The van der Waals surface area contributed by atoms with Crippen LogP contribution in [-0.2, 0) is 6.61 Å². The van der Waals surface area contributed by atoms with Crippen molar-refractivity contribution in [2.45, 2.75) is 6.61 Å². The number of hydrogen-bond acceptors (Lipinski definition) is 5. The predicted octanol–water partition coefficient (Wildman–Crippen LogP) is 3.04. The molecule has 2 aromatic carbocycles. The Labute approximate surface area is 138 Å². The minimum absolute atomic E-state index is 0. The van der Waals surface area contributed by atoms with Crippen molar-refractivity contribution in [3.8, 4) is 17.1 Å². The van der Waals surface area contributed by atoms with Crippen molar-refractivity contribution in [2.75, 3.05) is 0 Å². The highest BCUT2D eigenvalue weighted by molar-refractivity contribution is 5.84. The van der Waals surface area contributed by atoms with Gasteiger partial charge in [-0.3, -0.25) is 4.98 Å². The lowest BCUT2D eigenvalue weighted by Gasteiger charge is -2.05. The molecule has 24 heavy (non-hydrogen) atoms. The summed E-state index contributed by atoms with van der Waals surface area (Å²) in [6, 6.07) is 19.4. The average Bonchev–Trinajstić information content (AvgIpc) is 3.10. The Balaban J connectivity index is 0.00000169. The molecule has 2 aromatic heterocycles. The normalized spacial score (nSPS) is 10.3. The fourth-order valence-electron chi connectivity index (χ4n) is 2.35. The van der Waals surface area contributed by atoms with Gasteiger partial charge in [0.1, 0.15) is 11.3 Å². The Bertz CT molecular complexity index is 933. The third-order valence-corrected chi connectivity index (χ3v) is 3.45. The molecule has 0 unspecified atom stereocenters. The minimum Gasteiger partial charge on any atom is -0.481 e. The molecule has 120 valence electrons. The lowest BCUT2D eigenvalue weighted by Crippen LogP contribution is -1.97. The van der Waals surface area contributed by atoms with Crippen LogP contribution in [0.4, 0.5) is 0 Å². The van der Waals surface area contributed by atoms with E-state index in [4.69, 9.17) is 9.26 Å². The summed E-state index contributed by atoms with van der Waals surface area (Å²) < 4.78 is 11.0. The third kappa shape index (κ3) is 3.09. The van der Waals surface area contributed by atoms with Crippen LogP contribution in [0.25, 0.3) is 22.3 Å². The second-order valence-corrected chi connectivity index (χ2v) is 5.00. The number of nitrogens with zero attached hydrogens (tertiary/aromatic N) is 3. The molecule has 0 saturated heterocycles. The molecular formula is C18H15N3O3. The molecule has 4 aromatic rings. The first-order valence-electron chi connectivity index (χ1n) is 7.25. The van der Waals surface area contributed by atoms with Crippen LogP contribution in [0.5, 0.6) is 5.75 Å². The largest absolute Gasteiger partial charge is 0.481 e. The van der Waals surface area contributed by atoms with Gasteiger partial charge in [-0.15, -0.1) is 0 Å². The maximum Gasteiger partial charge on any atom is 0.264 e. The van der Waals surface area contributed by atoms with Gasteiger partial charge in [0.2, 0.25) is 5.82 Å². The van der Waals surface area contributed by atoms with Crippen LogP contribution in [0.2, 0.25) is 0 Å². The summed E-state index contributed by atoms with van der Waals surface area (Å²) in [6.07, 6.45) is 1.75. The highest BCUT2D eigenvalue weighted by atomic mass is 16.5. The van der Waals surface area contributed by atoms with E-state index in [1.807, 2.05) is 60.7 Å². The Morgan fingerprint density at radius 3 is 2.62 bits per heavy atom. The lowest BCUT2D eigenvalue weighted by atomic mass is 10.2. The number of ether oxygens (including phenoxy) is 1. The zero-order valence-corrected chi connectivity index (χ0v) is 12.7. The van der Waals surface area contributed by atoms with Gasteiger partial charge < -0.3 is 14.7 Å². The first-order valence-corrected chi connectivity index (χ1v) is 7.25. The van der Waals surface area contributed by atoms with Crippen LogP contribution in [0.3, 0.4) is 0 Å². The number of hydrogen-bond donors (Lipinski definition) is 0. The molecule has 0 atom stereocenters. The zero-order chi connectivity index (χ0) is 15.5. The number of aromatic nitrogens is 3. The van der Waals surface area contributed by atoms with Crippen LogP contribution in [-0.4, -0.2) is 20.6 Å². The molecule has 2 N–H and O–H groups in total. The van der Waals surface area contributed by atoms with Crippen molar-refractivity contribution >= 4 is 10.9 Å². The van der Waals surface area contributed by atoms with Crippen molar-refractivity contribution in [1.29, 1.82) is 0 Å². The van der Waals surface area contributed by atoms with Crippen LogP contribution in [0.1, 0.15) is 5.89 Å². The summed E-state index contributed by atoms with van der Waals surface area (Å²) in [5.74, 6) is 1.68. The van der Waals surface area contributed by atoms with Gasteiger partial charge in [-0.05, 0) is 12.1 Å². The number of pyridine rings is 1. The molecule has 0 spiro atoms. The molecule has 0 saturated carbocycles. The molecule has 0 radical (unpaired) electrons. The summed E-state index contributed by atoms with van der Waals surface area (Å²) in [5.41, 5.74) is 1.73. The van der Waals surface area contributed by atoms with Gasteiger partial charge in [0.05, 0.1) is 0 Å². The average molecular weight is 321 g/mol. The molecule has 0 amide bonds. The van der Waals surface area contributed by atoms with Crippen molar-refractivity contribution < 1.29 is 14.7 Å². The molecule has 2 heterocycles. The van der Waals surface area contributed by atoms with E-state index in [0.717, 1.165) is 16.5 Å². The quantitative estimate of drug-likeness (QED) is 0.576. The van der Waals surface area contributed by atoms with Crippen molar-refractivity contribution in [1.82, 2.24) is 15.1 Å². The molecule has 4 rings (SSSR count). The van der Waals surface area contributed by atoms with Gasteiger partial charge in [0, 0.05) is 17.1 Å². The third-order valence-electron chi connectivity index (χ3n) is 3.45. The summed E-state index contributed by atoms with van der Waals surface area (Å²) in [4.78, 5) is 8.71. The second kappa shape index (κ2) is 6.89. The van der Waals surface area contributed by atoms with Crippen molar-refractivity contribution in [2.24, 2.45) is 0 Å². The fraction of sp³-hybridized carbons (Fsp3) is 0.0556. The predicted molar refractivity (Wildman–Crippen MR) is 89.4 cm³/mol. The monoisotopic (exact) mass is 321 g/mol. The van der Waals surface area contributed by atoms with Gasteiger partial charge in [-0.2, -0.15) is 4.98 Å². The van der Waals surface area contributed by atoms with E-state index >= 15 is 0 Å². The van der Waals surface area contributed by atoms with E-state index in [2.05, 4.69) is 15.1 Å². The SMILES string of the molecule is O.c1ccc(-c2noc(COc3cccc4cccnc34)n2)cc1. The smallest absolute Gasteiger partial charge is 0.264 e. The van der Waals surface area contributed by atoms with Gasteiger partial charge >= 0.3 is 0 Å². The topological polar surface area (TPSA) is 92.5 Å². The molecule has 0 bridgehead atoms. The summed E-state index contributed by atoms with van der Waals surface area (Å²) in [7, 11) is 0. The van der Waals surface area contributed by atoms with E-state index in [1.165, 1.54) is 0 Å². The lowest BCUT2D eigenvalue weighted by molar-refractivity contribution is 0.245. The number of benzene rings is 2. The highest BCUT2D eigenvalue weighted by Crippen LogP contribution is 2.24. The Hall–Kier alpha value is -3.25. The van der Waals surface area contributed by atoms with E-state index < -0.39 is 0 Å². The Kier molecular flexibility index (Phi) is 4.49. The van der Waals surface area contributed by atoms with Crippen LogP contribution in [0.15, 0.2) is 71.4 Å². The van der Waals surface area contributed by atoms with Gasteiger partial charge in [0.15, 0.2) is 6.61 Å². The fourth-order valence-corrected chi connectivity index (χ4v) is 2.35. The molecule has 0 aliphatic carbocycles. The molecule has 0 aliphatic rings. The first-order chi connectivity index (χ1) is 11.4. The van der Waals surface area contributed by atoms with E-state index in [9.17, 15) is 0 Å². The summed E-state index contributed by atoms with van der Waals surface area (Å²) in [5, 5.41) is 5.01. The van der Waals surface area contributed by atoms with Gasteiger partial charge in [0.25, 0.3) is 5.89 Å². The highest BCUT2D eigenvalue weighted by Gasteiger charge is 2.10. The summed E-state index contributed by atoms with van der Waals surface area (Å²) >= 11 is 0. The Morgan fingerprint density at radius 1 is 0.917 bits per heavy atom. The first kappa shape index (κ1) is 15.6. The van der Waals surface area contributed by atoms with E-state index in [-0.39, 0.29) is 12.1 Å².